The summed E-state index contributed by atoms with van der Waals surface area (Å²) in [5.41, 5.74) is 0.633. The number of hydrogen-bond acceptors (Lipinski definition) is 3. The van der Waals surface area contributed by atoms with Crippen LogP contribution in [0.3, 0.4) is 0 Å². The lowest BCUT2D eigenvalue weighted by atomic mass is 10.2. The third-order valence-electron chi connectivity index (χ3n) is 4.18. The lowest BCUT2D eigenvalue weighted by Crippen LogP contribution is -2.25. The summed E-state index contributed by atoms with van der Waals surface area (Å²) >= 11 is 1.56. The highest BCUT2D eigenvalue weighted by atomic mass is 32.1. The molecule has 0 bridgehead atoms. The van der Waals surface area contributed by atoms with Crippen LogP contribution >= 0.6 is 11.3 Å². The van der Waals surface area contributed by atoms with Gasteiger partial charge >= 0.3 is 0 Å². The van der Waals surface area contributed by atoms with Gasteiger partial charge in [-0.2, -0.15) is 5.10 Å². The van der Waals surface area contributed by atoms with E-state index >= 15 is 0 Å². The van der Waals surface area contributed by atoms with Crippen LogP contribution in [0.5, 0.6) is 0 Å². The first kappa shape index (κ1) is 15.9. The zero-order chi connectivity index (χ0) is 17.9. The standard InChI is InChI=1S/C17H12F3N3OS/c1-8-3-13-16(25-8)11-6-21-23(17(24)15(11)22(13)2)7-9-4-10(18)5-12(19)14(9)20/h3-6H,7H2,1-2H3. The zero-order valence-electron chi connectivity index (χ0n) is 13.3. The topological polar surface area (TPSA) is 39.8 Å². The van der Waals surface area contributed by atoms with Crippen molar-refractivity contribution in [3.63, 3.8) is 0 Å². The van der Waals surface area contributed by atoms with Gasteiger partial charge in [0.05, 0.1) is 23.0 Å². The third kappa shape index (κ3) is 2.36. The second-order valence-corrected chi connectivity index (χ2v) is 7.12. The van der Waals surface area contributed by atoms with Crippen LogP contribution in [0, 0.1) is 24.4 Å². The molecule has 4 nitrogen and oxygen atoms in total. The molecule has 0 aliphatic heterocycles. The molecular weight excluding hydrogens is 351 g/mol. The number of aryl methyl sites for hydroxylation is 2. The van der Waals surface area contributed by atoms with E-state index in [0.717, 1.165) is 25.8 Å². The second kappa shape index (κ2) is 5.45. The summed E-state index contributed by atoms with van der Waals surface area (Å²) in [6.07, 6.45) is 1.53. The number of benzene rings is 1. The predicted molar refractivity (Wildman–Crippen MR) is 90.5 cm³/mol. The van der Waals surface area contributed by atoms with Crippen LogP contribution in [-0.2, 0) is 13.6 Å². The normalized spacial score (nSPS) is 11.7. The molecule has 4 aromatic rings. The van der Waals surface area contributed by atoms with Gasteiger partial charge in [-0.25, -0.2) is 17.9 Å². The van der Waals surface area contributed by atoms with E-state index in [1.807, 2.05) is 13.0 Å². The van der Waals surface area contributed by atoms with Crippen molar-refractivity contribution in [3.05, 3.63) is 62.6 Å². The lowest BCUT2D eigenvalue weighted by molar-refractivity contribution is 0.476. The molecule has 3 aromatic heterocycles. The summed E-state index contributed by atoms with van der Waals surface area (Å²) in [6, 6.07) is 3.31. The molecule has 0 aliphatic carbocycles. The van der Waals surface area contributed by atoms with Crippen LogP contribution in [0.4, 0.5) is 13.2 Å². The molecule has 1 aromatic carbocycles. The molecule has 128 valence electrons. The summed E-state index contributed by atoms with van der Waals surface area (Å²) in [5.74, 6) is -3.38. The van der Waals surface area contributed by atoms with Crippen LogP contribution in [-0.4, -0.2) is 14.3 Å². The lowest BCUT2D eigenvalue weighted by Gasteiger charge is -2.07. The van der Waals surface area contributed by atoms with Gasteiger partial charge < -0.3 is 4.57 Å². The van der Waals surface area contributed by atoms with Crippen molar-refractivity contribution in [2.75, 3.05) is 0 Å². The second-order valence-electron chi connectivity index (χ2n) is 5.86. The average molecular weight is 363 g/mol. The minimum Gasteiger partial charge on any atom is -0.338 e. The summed E-state index contributed by atoms with van der Waals surface area (Å²) in [5, 5.41) is 4.77. The van der Waals surface area contributed by atoms with E-state index in [9.17, 15) is 18.0 Å². The van der Waals surface area contributed by atoms with Crippen molar-refractivity contribution in [2.24, 2.45) is 7.05 Å². The first-order chi connectivity index (χ1) is 11.9. The van der Waals surface area contributed by atoms with E-state index in [0.29, 0.717) is 17.0 Å². The maximum Gasteiger partial charge on any atom is 0.291 e. The molecule has 8 heteroatoms. The summed E-state index contributed by atoms with van der Waals surface area (Å²) in [6.45, 7) is 1.62. The van der Waals surface area contributed by atoms with Crippen molar-refractivity contribution in [3.8, 4) is 0 Å². The summed E-state index contributed by atoms with van der Waals surface area (Å²) in [4.78, 5) is 13.9. The first-order valence-electron chi connectivity index (χ1n) is 7.45. The molecule has 0 N–H and O–H groups in total. The van der Waals surface area contributed by atoms with Gasteiger partial charge in [-0.3, -0.25) is 4.79 Å². The number of nitrogens with zero attached hydrogens (tertiary/aromatic N) is 3. The molecule has 0 fully saturated rings. The van der Waals surface area contributed by atoms with Crippen molar-refractivity contribution in [1.29, 1.82) is 0 Å². The van der Waals surface area contributed by atoms with Crippen molar-refractivity contribution in [2.45, 2.75) is 13.5 Å². The fourth-order valence-electron chi connectivity index (χ4n) is 3.03. The zero-order valence-corrected chi connectivity index (χ0v) is 14.1. The Morgan fingerprint density at radius 3 is 2.72 bits per heavy atom. The van der Waals surface area contributed by atoms with Crippen LogP contribution in [0.25, 0.3) is 21.1 Å². The Morgan fingerprint density at radius 1 is 1.20 bits per heavy atom. The average Bonchev–Trinajstić information content (AvgIpc) is 3.05. The summed E-state index contributed by atoms with van der Waals surface area (Å²) < 4.78 is 44.3. The first-order valence-corrected chi connectivity index (χ1v) is 8.26. The molecule has 4 rings (SSSR count). The van der Waals surface area contributed by atoms with E-state index in [-0.39, 0.29) is 12.1 Å². The minimum atomic E-state index is -1.29. The predicted octanol–water partition coefficient (Wildman–Crippen LogP) is 3.72. The monoisotopic (exact) mass is 363 g/mol. The van der Waals surface area contributed by atoms with E-state index in [1.54, 1.807) is 23.0 Å². The Labute approximate surface area is 143 Å². The van der Waals surface area contributed by atoms with E-state index in [2.05, 4.69) is 5.10 Å². The Morgan fingerprint density at radius 2 is 1.96 bits per heavy atom. The Balaban J connectivity index is 1.91. The van der Waals surface area contributed by atoms with Gasteiger partial charge in [-0.1, -0.05) is 0 Å². The maximum atomic E-state index is 13.9. The molecule has 0 saturated carbocycles. The van der Waals surface area contributed by atoms with Crippen LogP contribution in [0.2, 0.25) is 0 Å². The van der Waals surface area contributed by atoms with E-state index < -0.39 is 23.0 Å². The molecule has 0 amide bonds. The van der Waals surface area contributed by atoms with Gasteiger partial charge in [0, 0.05) is 28.9 Å². The molecule has 25 heavy (non-hydrogen) atoms. The van der Waals surface area contributed by atoms with Gasteiger partial charge in [0.15, 0.2) is 11.6 Å². The molecule has 0 atom stereocenters. The number of aromatic nitrogens is 3. The van der Waals surface area contributed by atoms with Gasteiger partial charge in [0.2, 0.25) is 0 Å². The van der Waals surface area contributed by atoms with Gasteiger partial charge in [-0.05, 0) is 19.1 Å². The SMILES string of the molecule is Cc1cc2c(s1)c1cnn(Cc3cc(F)cc(F)c3F)c(=O)c1n2C. The minimum absolute atomic E-state index is 0.265. The number of hydrogen-bond donors (Lipinski definition) is 0. The Kier molecular flexibility index (Phi) is 3.47. The highest BCUT2D eigenvalue weighted by Crippen LogP contribution is 2.32. The molecule has 0 aliphatic rings. The largest absolute Gasteiger partial charge is 0.338 e. The maximum absolute atomic E-state index is 13.9. The van der Waals surface area contributed by atoms with Gasteiger partial charge in [0.25, 0.3) is 5.56 Å². The molecule has 0 radical (unpaired) electrons. The van der Waals surface area contributed by atoms with E-state index in [1.165, 1.54) is 6.20 Å². The molecule has 0 unspecified atom stereocenters. The number of thiophene rings is 1. The number of fused-ring (bicyclic) bond motifs is 3. The molecule has 3 heterocycles. The Bertz CT molecular complexity index is 1210. The fraction of sp³-hybridized carbons (Fsp3) is 0.176. The number of rotatable bonds is 2. The highest BCUT2D eigenvalue weighted by Gasteiger charge is 2.18. The van der Waals surface area contributed by atoms with Gasteiger partial charge in [-0.15, -0.1) is 11.3 Å². The van der Waals surface area contributed by atoms with Crippen LogP contribution < -0.4 is 5.56 Å². The van der Waals surface area contributed by atoms with Crippen molar-refractivity contribution >= 4 is 32.5 Å². The van der Waals surface area contributed by atoms with Crippen molar-refractivity contribution in [1.82, 2.24) is 14.3 Å². The van der Waals surface area contributed by atoms with Crippen LogP contribution in [0.1, 0.15) is 10.4 Å². The van der Waals surface area contributed by atoms with Gasteiger partial charge in [0.1, 0.15) is 11.3 Å². The molecule has 0 saturated heterocycles. The highest BCUT2D eigenvalue weighted by molar-refractivity contribution is 7.20. The van der Waals surface area contributed by atoms with E-state index in [4.69, 9.17) is 0 Å². The smallest absolute Gasteiger partial charge is 0.291 e. The van der Waals surface area contributed by atoms with Crippen LogP contribution in [0.15, 0.2) is 29.2 Å². The molecule has 0 spiro atoms. The van der Waals surface area contributed by atoms with Crippen molar-refractivity contribution < 1.29 is 13.2 Å². The third-order valence-corrected chi connectivity index (χ3v) is 5.26. The molecular formula is C17H12F3N3OS. The summed E-state index contributed by atoms with van der Waals surface area (Å²) in [7, 11) is 1.77. The number of halogens is 3. The Hall–Kier alpha value is -2.61. The fourth-order valence-corrected chi connectivity index (χ4v) is 4.08. The quantitative estimate of drug-likeness (QED) is 0.509.